The number of rotatable bonds is 4. The van der Waals surface area contributed by atoms with Gasteiger partial charge in [0.15, 0.2) is 0 Å². The normalized spacial score (nSPS) is 11.6. The fraction of sp³-hybridized carbons (Fsp3) is 0. The van der Waals surface area contributed by atoms with Crippen molar-refractivity contribution < 1.29 is 0 Å². The molecular weight excluding hydrogens is 603 g/mol. The number of pyridine rings is 1. The molecule has 0 N–H and O–H groups in total. The van der Waals surface area contributed by atoms with Gasteiger partial charge in [-0.1, -0.05) is 176 Å². The van der Waals surface area contributed by atoms with E-state index in [0.717, 1.165) is 16.3 Å². The number of aromatic nitrogens is 1. The molecule has 0 aliphatic heterocycles. The molecule has 0 fully saturated rings. The zero-order valence-electron chi connectivity index (χ0n) is 27.3. The molecule has 232 valence electrons. The van der Waals surface area contributed by atoms with Crippen molar-refractivity contribution in [3.05, 3.63) is 188 Å². The number of hydrogen-bond acceptors (Lipinski definition) is 1. The van der Waals surface area contributed by atoms with E-state index in [4.69, 9.17) is 4.98 Å². The van der Waals surface area contributed by atoms with Gasteiger partial charge in [0.25, 0.3) is 0 Å². The maximum Gasteiger partial charge on any atom is 0.0708 e. The van der Waals surface area contributed by atoms with E-state index in [2.05, 4.69) is 188 Å². The Morgan fingerprint density at radius 2 is 0.700 bits per heavy atom. The van der Waals surface area contributed by atoms with Gasteiger partial charge >= 0.3 is 0 Å². The van der Waals surface area contributed by atoms with E-state index in [1.807, 2.05) is 0 Å². The molecule has 0 atom stereocenters. The van der Waals surface area contributed by atoms with Crippen LogP contribution in [0.4, 0.5) is 0 Å². The lowest BCUT2D eigenvalue weighted by molar-refractivity contribution is 1.45. The second-order valence-corrected chi connectivity index (χ2v) is 13.1. The third kappa shape index (κ3) is 4.52. The van der Waals surface area contributed by atoms with Crippen LogP contribution in [0.3, 0.4) is 0 Å². The van der Waals surface area contributed by atoms with Gasteiger partial charge in [0.05, 0.1) is 5.52 Å². The van der Waals surface area contributed by atoms with Gasteiger partial charge < -0.3 is 0 Å². The molecule has 0 radical (unpaired) electrons. The Balaban J connectivity index is 1.20. The lowest BCUT2D eigenvalue weighted by atomic mass is 9.84. The van der Waals surface area contributed by atoms with Crippen molar-refractivity contribution in [2.75, 3.05) is 0 Å². The van der Waals surface area contributed by atoms with Crippen LogP contribution in [-0.4, -0.2) is 4.98 Å². The molecule has 10 rings (SSSR count). The fourth-order valence-corrected chi connectivity index (χ4v) is 8.00. The van der Waals surface area contributed by atoms with Crippen LogP contribution in [0.5, 0.6) is 0 Å². The average molecular weight is 634 g/mol. The summed E-state index contributed by atoms with van der Waals surface area (Å²) in [5.41, 5.74) is 10.8. The molecule has 0 unspecified atom stereocenters. The maximum atomic E-state index is 5.02. The number of hydrogen-bond donors (Lipinski definition) is 0. The molecule has 0 spiro atoms. The highest BCUT2D eigenvalue weighted by Gasteiger charge is 2.19. The van der Waals surface area contributed by atoms with E-state index in [1.54, 1.807) is 0 Å². The molecular formula is C49H31N. The van der Waals surface area contributed by atoms with Crippen LogP contribution in [0, 0.1) is 0 Å². The second kappa shape index (κ2) is 11.5. The number of fused-ring (bicyclic) bond motifs is 6. The minimum absolute atomic E-state index is 1.00. The van der Waals surface area contributed by atoms with Crippen molar-refractivity contribution >= 4 is 54.0 Å². The van der Waals surface area contributed by atoms with Crippen LogP contribution in [0.15, 0.2) is 188 Å². The molecule has 10 aromatic rings. The molecule has 0 saturated carbocycles. The largest absolute Gasteiger partial charge is 0.256 e. The van der Waals surface area contributed by atoms with Gasteiger partial charge in [0.1, 0.15) is 0 Å². The van der Waals surface area contributed by atoms with Crippen LogP contribution in [0.25, 0.3) is 98.5 Å². The van der Waals surface area contributed by atoms with Crippen LogP contribution in [-0.2, 0) is 0 Å². The van der Waals surface area contributed by atoms with Crippen molar-refractivity contribution in [3.63, 3.8) is 0 Å². The minimum atomic E-state index is 1.00. The van der Waals surface area contributed by atoms with Gasteiger partial charge in [-0.05, 0) is 82.9 Å². The lowest BCUT2D eigenvalue weighted by Crippen LogP contribution is -1.93. The first kappa shape index (κ1) is 28.4. The summed E-state index contributed by atoms with van der Waals surface area (Å²) in [6.07, 6.45) is 2.09. The molecule has 1 nitrogen and oxygen atoms in total. The van der Waals surface area contributed by atoms with Crippen molar-refractivity contribution in [1.29, 1.82) is 0 Å². The Morgan fingerprint density at radius 1 is 0.280 bits per heavy atom. The lowest BCUT2D eigenvalue weighted by Gasteiger charge is -2.19. The standard InChI is InChI=1S/C49H31N/c1-3-15-38-32(11-1)13-9-20-40(38)34-23-27-36(28-24-34)47-42-17-5-6-18-43(42)48(49-44-19-7-8-22-46(44)50-31-45(47)49)37-29-25-35(26-30-37)41-21-10-14-33-12-2-4-16-39(33)41/h1-31H. The average Bonchev–Trinajstić information content (AvgIpc) is 3.19. The second-order valence-electron chi connectivity index (χ2n) is 13.1. The van der Waals surface area contributed by atoms with Gasteiger partial charge in [-0.3, -0.25) is 4.98 Å². The third-order valence-electron chi connectivity index (χ3n) is 10.3. The summed E-state index contributed by atoms with van der Waals surface area (Å²) in [5, 5.41) is 11.1. The Bertz CT molecular complexity index is 2890. The molecule has 0 saturated heterocycles. The van der Waals surface area contributed by atoms with Gasteiger partial charge in [-0.2, -0.15) is 0 Å². The maximum absolute atomic E-state index is 5.02. The van der Waals surface area contributed by atoms with Crippen molar-refractivity contribution in [3.8, 4) is 44.5 Å². The molecule has 0 bridgehead atoms. The van der Waals surface area contributed by atoms with Gasteiger partial charge in [-0.25, -0.2) is 0 Å². The monoisotopic (exact) mass is 633 g/mol. The molecule has 9 aromatic carbocycles. The quantitative estimate of drug-likeness (QED) is 0.139. The van der Waals surface area contributed by atoms with Gasteiger partial charge in [-0.15, -0.1) is 0 Å². The number of benzene rings is 9. The first-order valence-electron chi connectivity index (χ1n) is 17.2. The van der Waals surface area contributed by atoms with E-state index >= 15 is 0 Å². The first-order chi connectivity index (χ1) is 24.8. The molecule has 50 heavy (non-hydrogen) atoms. The van der Waals surface area contributed by atoms with Crippen molar-refractivity contribution in [1.82, 2.24) is 4.98 Å². The Hall–Kier alpha value is -6.57. The smallest absolute Gasteiger partial charge is 0.0708 e. The molecule has 0 aliphatic carbocycles. The minimum Gasteiger partial charge on any atom is -0.256 e. The fourth-order valence-electron chi connectivity index (χ4n) is 8.00. The highest BCUT2D eigenvalue weighted by atomic mass is 14.6. The summed E-state index contributed by atoms with van der Waals surface area (Å²) in [6.45, 7) is 0. The van der Waals surface area contributed by atoms with E-state index in [-0.39, 0.29) is 0 Å². The van der Waals surface area contributed by atoms with Crippen LogP contribution in [0.2, 0.25) is 0 Å². The SMILES string of the molecule is c1ccc2c(-c3ccc(-c4c5ccccc5c(-c5ccc(-c6cccc7ccccc67)cc5)c5c4cnc4ccccc45)cc3)cccc2c1. The topological polar surface area (TPSA) is 12.9 Å². The first-order valence-corrected chi connectivity index (χ1v) is 17.2. The highest BCUT2D eigenvalue weighted by Crippen LogP contribution is 2.46. The summed E-state index contributed by atoms with van der Waals surface area (Å²) in [5.74, 6) is 0. The van der Waals surface area contributed by atoms with Crippen LogP contribution >= 0.6 is 0 Å². The van der Waals surface area contributed by atoms with Crippen LogP contribution in [0.1, 0.15) is 0 Å². The predicted molar refractivity (Wildman–Crippen MR) is 214 cm³/mol. The van der Waals surface area contributed by atoms with Crippen molar-refractivity contribution in [2.45, 2.75) is 0 Å². The summed E-state index contributed by atoms with van der Waals surface area (Å²) < 4.78 is 0. The summed E-state index contributed by atoms with van der Waals surface area (Å²) >= 11 is 0. The summed E-state index contributed by atoms with van der Waals surface area (Å²) in [7, 11) is 0. The molecule has 0 aliphatic rings. The third-order valence-corrected chi connectivity index (χ3v) is 10.3. The van der Waals surface area contributed by atoms with E-state index in [1.165, 1.54) is 82.2 Å². The summed E-state index contributed by atoms with van der Waals surface area (Å²) in [6, 6.07) is 66.0. The predicted octanol–water partition coefficient (Wildman–Crippen LogP) is 13.5. The Morgan fingerprint density at radius 3 is 1.28 bits per heavy atom. The zero-order valence-corrected chi connectivity index (χ0v) is 27.3. The van der Waals surface area contributed by atoms with Crippen LogP contribution < -0.4 is 0 Å². The zero-order chi connectivity index (χ0) is 33.0. The van der Waals surface area contributed by atoms with E-state index in [9.17, 15) is 0 Å². The van der Waals surface area contributed by atoms with E-state index in [0.29, 0.717) is 0 Å². The molecule has 1 heteroatoms. The van der Waals surface area contributed by atoms with E-state index < -0.39 is 0 Å². The Labute approximate surface area is 290 Å². The molecule has 1 aromatic heterocycles. The number of nitrogens with zero attached hydrogens (tertiary/aromatic N) is 1. The van der Waals surface area contributed by atoms with Crippen molar-refractivity contribution in [2.24, 2.45) is 0 Å². The van der Waals surface area contributed by atoms with Gasteiger partial charge in [0, 0.05) is 22.4 Å². The summed E-state index contributed by atoms with van der Waals surface area (Å²) in [4.78, 5) is 5.02. The van der Waals surface area contributed by atoms with Gasteiger partial charge in [0.2, 0.25) is 0 Å². The number of para-hydroxylation sites is 1. The highest BCUT2D eigenvalue weighted by molar-refractivity contribution is 6.27. The Kier molecular flexibility index (Phi) is 6.57. The molecule has 1 heterocycles. The molecule has 0 amide bonds.